The van der Waals surface area contributed by atoms with Crippen LogP contribution in [0.3, 0.4) is 0 Å². The number of carbonyl (C=O) groups excluding carboxylic acids is 2. The van der Waals surface area contributed by atoms with Gasteiger partial charge >= 0.3 is 0 Å². The van der Waals surface area contributed by atoms with Crippen LogP contribution in [-0.2, 0) is 4.79 Å². The predicted molar refractivity (Wildman–Crippen MR) is 98.5 cm³/mol. The summed E-state index contributed by atoms with van der Waals surface area (Å²) in [5, 5.41) is 0. The Hall–Kier alpha value is -3.13. The van der Waals surface area contributed by atoms with Crippen LogP contribution in [0.1, 0.15) is 10.4 Å². The number of thioether (sulfide) groups is 1. The van der Waals surface area contributed by atoms with Gasteiger partial charge in [0.15, 0.2) is 0 Å². The van der Waals surface area contributed by atoms with Gasteiger partial charge in [0.05, 0.1) is 17.0 Å². The van der Waals surface area contributed by atoms with Gasteiger partial charge in [0, 0.05) is 17.3 Å². The number of aromatic nitrogens is 1. The summed E-state index contributed by atoms with van der Waals surface area (Å²) < 4.78 is 28.4. The van der Waals surface area contributed by atoms with E-state index < -0.39 is 23.4 Å². The van der Waals surface area contributed by atoms with Gasteiger partial charge in [-0.1, -0.05) is 12.1 Å². The van der Waals surface area contributed by atoms with Crippen molar-refractivity contribution < 1.29 is 18.4 Å². The minimum absolute atomic E-state index is 0.0226. The average Bonchev–Trinajstić information content (AvgIpc) is 3.21. The fraction of sp³-hybridized carbons (Fsp3) is 0.0526. The van der Waals surface area contributed by atoms with E-state index in [-0.39, 0.29) is 10.6 Å². The van der Waals surface area contributed by atoms with Gasteiger partial charge < -0.3 is 4.57 Å². The van der Waals surface area contributed by atoms with E-state index in [2.05, 4.69) is 10.9 Å². The second kappa shape index (κ2) is 8.50. The SMILES string of the molecule is O=C(CSc1cc(F)ccc1F)NNC(=O)c1ccccc1-n1cccc1. The molecule has 2 amide bonds. The monoisotopic (exact) mass is 387 g/mol. The molecule has 0 saturated heterocycles. The first kappa shape index (κ1) is 18.7. The van der Waals surface area contributed by atoms with Crippen LogP contribution in [0.2, 0.25) is 0 Å². The highest BCUT2D eigenvalue weighted by molar-refractivity contribution is 8.00. The van der Waals surface area contributed by atoms with Crippen molar-refractivity contribution in [3.63, 3.8) is 0 Å². The number of halogens is 2. The molecule has 0 radical (unpaired) electrons. The van der Waals surface area contributed by atoms with Crippen molar-refractivity contribution >= 4 is 23.6 Å². The lowest BCUT2D eigenvalue weighted by molar-refractivity contribution is -0.119. The maximum atomic E-state index is 13.5. The van der Waals surface area contributed by atoms with E-state index in [0.717, 1.165) is 30.0 Å². The summed E-state index contributed by atoms with van der Waals surface area (Å²) in [4.78, 5) is 24.3. The van der Waals surface area contributed by atoms with E-state index >= 15 is 0 Å². The van der Waals surface area contributed by atoms with Crippen LogP contribution in [0, 0.1) is 11.6 Å². The molecule has 0 saturated carbocycles. The summed E-state index contributed by atoms with van der Waals surface area (Å²) in [5.41, 5.74) is 5.63. The molecule has 1 heterocycles. The number of nitrogens with one attached hydrogen (secondary N) is 2. The molecule has 0 fully saturated rings. The van der Waals surface area contributed by atoms with Crippen LogP contribution in [-0.4, -0.2) is 22.1 Å². The summed E-state index contributed by atoms with van der Waals surface area (Å²) in [6.45, 7) is 0. The molecule has 138 valence electrons. The standard InChI is InChI=1S/C19H15F2N3O2S/c20-13-7-8-15(21)17(11-13)27-12-18(25)22-23-19(26)14-5-1-2-6-16(14)24-9-3-4-10-24/h1-11H,12H2,(H,22,25)(H,23,26). The van der Waals surface area contributed by atoms with E-state index in [1.54, 1.807) is 41.2 Å². The van der Waals surface area contributed by atoms with Gasteiger partial charge in [-0.3, -0.25) is 20.4 Å². The van der Waals surface area contributed by atoms with Crippen LogP contribution in [0.25, 0.3) is 5.69 Å². The molecule has 0 spiro atoms. The smallest absolute Gasteiger partial charge is 0.271 e. The van der Waals surface area contributed by atoms with Crippen molar-refractivity contribution in [1.29, 1.82) is 0 Å². The molecule has 0 unspecified atom stereocenters. The van der Waals surface area contributed by atoms with E-state index in [1.165, 1.54) is 0 Å². The Bertz CT molecular complexity index is 961. The first-order valence-corrected chi connectivity index (χ1v) is 8.92. The molecular formula is C19H15F2N3O2S. The lowest BCUT2D eigenvalue weighted by Crippen LogP contribution is -2.42. The summed E-state index contributed by atoms with van der Waals surface area (Å²) >= 11 is 0.836. The molecular weight excluding hydrogens is 372 g/mol. The van der Waals surface area contributed by atoms with Gasteiger partial charge in [-0.25, -0.2) is 8.78 Å². The molecule has 27 heavy (non-hydrogen) atoms. The molecule has 0 aliphatic heterocycles. The lowest BCUT2D eigenvalue weighted by atomic mass is 10.1. The summed E-state index contributed by atoms with van der Waals surface area (Å²) in [7, 11) is 0. The van der Waals surface area contributed by atoms with Crippen LogP contribution in [0.15, 0.2) is 71.9 Å². The number of hydrogen-bond donors (Lipinski definition) is 2. The number of benzene rings is 2. The summed E-state index contributed by atoms with van der Waals surface area (Å²) in [6.07, 6.45) is 3.60. The van der Waals surface area contributed by atoms with Crippen LogP contribution in [0.4, 0.5) is 8.78 Å². The highest BCUT2D eigenvalue weighted by Crippen LogP contribution is 2.22. The fourth-order valence-corrected chi connectivity index (χ4v) is 3.11. The van der Waals surface area contributed by atoms with Gasteiger partial charge in [-0.05, 0) is 42.5 Å². The van der Waals surface area contributed by atoms with E-state index in [9.17, 15) is 18.4 Å². The van der Waals surface area contributed by atoms with Gasteiger partial charge in [-0.2, -0.15) is 0 Å². The van der Waals surface area contributed by atoms with Crippen LogP contribution >= 0.6 is 11.8 Å². The topological polar surface area (TPSA) is 63.1 Å². The van der Waals surface area contributed by atoms with E-state index in [4.69, 9.17) is 0 Å². The van der Waals surface area contributed by atoms with Gasteiger partial charge in [0.1, 0.15) is 11.6 Å². The fourth-order valence-electron chi connectivity index (χ4n) is 2.35. The zero-order valence-corrected chi connectivity index (χ0v) is 14.8. The molecule has 0 aliphatic rings. The molecule has 2 aromatic carbocycles. The summed E-state index contributed by atoms with van der Waals surface area (Å²) in [5.74, 6) is -2.42. The Balaban J connectivity index is 1.58. The number of hydrogen-bond acceptors (Lipinski definition) is 3. The first-order chi connectivity index (χ1) is 13.0. The van der Waals surface area contributed by atoms with Crippen molar-refractivity contribution in [2.24, 2.45) is 0 Å². The molecule has 0 bridgehead atoms. The molecule has 1 aromatic heterocycles. The first-order valence-electron chi connectivity index (χ1n) is 7.94. The quantitative estimate of drug-likeness (QED) is 0.522. The van der Waals surface area contributed by atoms with Crippen molar-refractivity contribution in [1.82, 2.24) is 15.4 Å². The molecule has 8 heteroatoms. The number of para-hydroxylation sites is 1. The third kappa shape index (κ3) is 4.73. The molecule has 0 atom stereocenters. The van der Waals surface area contributed by atoms with E-state index in [0.29, 0.717) is 11.3 Å². The summed E-state index contributed by atoms with van der Waals surface area (Å²) in [6, 6.07) is 13.6. The molecule has 0 aliphatic carbocycles. The van der Waals surface area contributed by atoms with Gasteiger partial charge in [-0.15, -0.1) is 11.8 Å². The highest BCUT2D eigenvalue weighted by atomic mass is 32.2. The maximum absolute atomic E-state index is 13.5. The average molecular weight is 387 g/mol. The van der Waals surface area contributed by atoms with Crippen molar-refractivity contribution in [2.45, 2.75) is 4.90 Å². The minimum Gasteiger partial charge on any atom is -0.323 e. The van der Waals surface area contributed by atoms with Crippen LogP contribution in [0.5, 0.6) is 0 Å². The number of nitrogens with zero attached hydrogens (tertiary/aromatic N) is 1. The number of hydrazine groups is 1. The van der Waals surface area contributed by atoms with Gasteiger partial charge in [0.25, 0.3) is 5.91 Å². The molecule has 3 rings (SSSR count). The van der Waals surface area contributed by atoms with Crippen molar-refractivity contribution in [3.05, 3.63) is 84.2 Å². The highest BCUT2D eigenvalue weighted by Gasteiger charge is 2.13. The number of amides is 2. The molecule has 3 aromatic rings. The molecule has 2 N–H and O–H groups in total. The van der Waals surface area contributed by atoms with Crippen molar-refractivity contribution in [2.75, 3.05) is 5.75 Å². The largest absolute Gasteiger partial charge is 0.323 e. The number of rotatable bonds is 5. The minimum atomic E-state index is -0.612. The maximum Gasteiger partial charge on any atom is 0.271 e. The second-order valence-corrected chi connectivity index (χ2v) is 6.49. The lowest BCUT2D eigenvalue weighted by Gasteiger charge is -2.12. The van der Waals surface area contributed by atoms with Crippen molar-refractivity contribution in [3.8, 4) is 5.69 Å². The Labute approximate surface area is 158 Å². The molecule has 5 nitrogen and oxygen atoms in total. The Morgan fingerprint density at radius 1 is 0.963 bits per heavy atom. The second-order valence-electron chi connectivity index (χ2n) is 5.47. The Kier molecular flexibility index (Phi) is 5.87. The van der Waals surface area contributed by atoms with Crippen LogP contribution < -0.4 is 10.9 Å². The zero-order valence-electron chi connectivity index (χ0n) is 14.0. The third-order valence-corrected chi connectivity index (χ3v) is 4.63. The number of carbonyl (C=O) groups is 2. The third-order valence-electron chi connectivity index (χ3n) is 3.60. The normalized spacial score (nSPS) is 10.4. The predicted octanol–water partition coefficient (Wildman–Crippen LogP) is 3.31. The Morgan fingerprint density at radius 3 is 2.48 bits per heavy atom. The zero-order chi connectivity index (χ0) is 19.2. The van der Waals surface area contributed by atoms with Gasteiger partial charge in [0.2, 0.25) is 5.91 Å². The van der Waals surface area contributed by atoms with E-state index in [1.807, 2.05) is 12.1 Å². The Morgan fingerprint density at radius 2 is 1.70 bits per heavy atom.